The van der Waals surface area contributed by atoms with E-state index in [0.29, 0.717) is 6.79 Å². The van der Waals surface area contributed by atoms with Gasteiger partial charge in [-0.2, -0.15) is 0 Å². The van der Waals surface area contributed by atoms with E-state index >= 15 is 0 Å². The first-order chi connectivity index (χ1) is 7.78. The molecule has 0 spiro atoms. The SMILES string of the molecule is CCc1sc(N)cc1-c1cc2c(s1)OCO2. The molecule has 1 aliphatic heterocycles. The largest absolute Gasteiger partial charge is 0.453 e. The van der Waals surface area contributed by atoms with Crippen molar-refractivity contribution in [1.29, 1.82) is 0 Å². The molecule has 0 bridgehead atoms. The normalized spacial score (nSPS) is 13.3. The number of nitrogen functional groups attached to an aromatic ring is 1. The van der Waals surface area contributed by atoms with E-state index in [-0.39, 0.29) is 0 Å². The van der Waals surface area contributed by atoms with Crippen LogP contribution in [0.4, 0.5) is 5.00 Å². The van der Waals surface area contributed by atoms with Gasteiger partial charge in [0.1, 0.15) is 0 Å². The van der Waals surface area contributed by atoms with Crippen molar-refractivity contribution in [2.45, 2.75) is 13.3 Å². The summed E-state index contributed by atoms with van der Waals surface area (Å²) in [5.41, 5.74) is 7.06. The van der Waals surface area contributed by atoms with Gasteiger partial charge >= 0.3 is 0 Å². The summed E-state index contributed by atoms with van der Waals surface area (Å²) in [6, 6.07) is 4.07. The average molecular weight is 253 g/mol. The molecule has 0 fully saturated rings. The third-order valence-corrected chi connectivity index (χ3v) is 4.66. The van der Waals surface area contributed by atoms with Crippen LogP contribution in [0.2, 0.25) is 0 Å². The van der Waals surface area contributed by atoms with Crippen LogP contribution < -0.4 is 15.2 Å². The molecule has 3 heterocycles. The number of rotatable bonds is 2. The van der Waals surface area contributed by atoms with Gasteiger partial charge in [0.05, 0.1) is 5.00 Å². The van der Waals surface area contributed by atoms with Gasteiger partial charge in [-0.15, -0.1) is 11.3 Å². The number of hydrogen-bond donors (Lipinski definition) is 1. The van der Waals surface area contributed by atoms with Crippen molar-refractivity contribution in [2.24, 2.45) is 0 Å². The highest BCUT2D eigenvalue weighted by atomic mass is 32.1. The van der Waals surface area contributed by atoms with Crippen LogP contribution in [-0.2, 0) is 6.42 Å². The second-order valence-corrected chi connectivity index (χ2v) is 5.69. The van der Waals surface area contributed by atoms with Gasteiger partial charge in [-0.25, -0.2) is 0 Å². The molecule has 0 unspecified atom stereocenters. The minimum absolute atomic E-state index is 0.341. The summed E-state index contributed by atoms with van der Waals surface area (Å²) in [5, 5.41) is 1.74. The lowest BCUT2D eigenvalue weighted by Crippen LogP contribution is -1.93. The zero-order chi connectivity index (χ0) is 11.1. The molecule has 0 atom stereocenters. The van der Waals surface area contributed by atoms with Crippen molar-refractivity contribution in [2.75, 3.05) is 12.5 Å². The topological polar surface area (TPSA) is 44.5 Å². The van der Waals surface area contributed by atoms with Crippen LogP contribution in [0.25, 0.3) is 10.4 Å². The summed E-state index contributed by atoms with van der Waals surface area (Å²) in [5.74, 6) is 0.854. The lowest BCUT2D eigenvalue weighted by Gasteiger charge is -1.97. The molecule has 0 aliphatic carbocycles. The summed E-state index contributed by atoms with van der Waals surface area (Å²) in [6.45, 7) is 2.48. The number of hydrogen-bond acceptors (Lipinski definition) is 5. The van der Waals surface area contributed by atoms with E-state index in [1.165, 1.54) is 15.3 Å². The Morgan fingerprint density at radius 2 is 2.19 bits per heavy atom. The smallest absolute Gasteiger partial charge is 0.232 e. The molecule has 5 heteroatoms. The summed E-state index contributed by atoms with van der Waals surface area (Å²) < 4.78 is 10.7. The van der Waals surface area contributed by atoms with Crippen LogP contribution in [-0.4, -0.2) is 6.79 Å². The molecule has 0 aromatic carbocycles. The number of fused-ring (bicyclic) bond motifs is 1. The zero-order valence-corrected chi connectivity index (χ0v) is 10.4. The van der Waals surface area contributed by atoms with Crippen LogP contribution in [0.3, 0.4) is 0 Å². The van der Waals surface area contributed by atoms with Crippen LogP contribution in [0.5, 0.6) is 10.8 Å². The maximum absolute atomic E-state index is 5.84. The van der Waals surface area contributed by atoms with Crippen molar-refractivity contribution < 1.29 is 9.47 Å². The predicted molar refractivity (Wildman–Crippen MR) is 67.5 cm³/mol. The molecule has 16 heavy (non-hydrogen) atoms. The number of nitrogens with two attached hydrogens (primary N) is 1. The van der Waals surface area contributed by atoms with Crippen molar-refractivity contribution in [3.63, 3.8) is 0 Å². The highest BCUT2D eigenvalue weighted by molar-refractivity contribution is 7.19. The van der Waals surface area contributed by atoms with Gasteiger partial charge in [-0.05, 0) is 12.5 Å². The minimum atomic E-state index is 0.341. The molecular weight excluding hydrogens is 242 g/mol. The molecule has 0 radical (unpaired) electrons. The predicted octanol–water partition coefficient (Wildman–Crippen LogP) is 3.35. The average Bonchev–Trinajstić information content (AvgIpc) is 2.88. The minimum Gasteiger partial charge on any atom is -0.453 e. The quantitative estimate of drug-likeness (QED) is 0.892. The van der Waals surface area contributed by atoms with Gasteiger partial charge in [-0.1, -0.05) is 18.3 Å². The van der Waals surface area contributed by atoms with Crippen LogP contribution in [0.1, 0.15) is 11.8 Å². The highest BCUT2D eigenvalue weighted by Gasteiger charge is 2.20. The fourth-order valence-electron chi connectivity index (χ4n) is 1.76. The fourth-order valence-corrected chi connectivity index (χ4v) is 3.69. The second-order valence-electron chi connectivity index (χ2n) is 3.51. The van der Waals surface area contributed by atoms with E-state index in [4.69, 9.17) is 15.2 Å². The van der Waals surface area contributed by atoms with E-state index in [9.17, 15) is 0 Å². The van der Waals surface area contributed by atoms with Crippen molar-refractivity contribution in [3.05, 3.63) is 17.0 Å². The maximum atomic E-state index is 5.84. The number of thiophene rings is 2. The van der Waals surface area contributed by atoms with Gasteiger partial charge in [0.15, 0.2) is 5.75 Å². The Balaban J connectivity index is 2.07. The Morgan fingerprint density at radius 1 is 1.31 bits per heavy atom. The van der Waals surface area contributed by atoms with Gasteiger partial charge in [0.2, 0.25) is 11.9 Å². The lowest BCUT2D eigenvalue weighted by atomic mass is 10.2. The van der Waals surface area contributed by atoms with Gasteiger partial charge in [-0.3, -0.25) is 0 Å². The first-order valence-electron chi connectivity index (χ1n) is 5.06. The molecule has 0 amide bonds. The molecule has 2 aromatic heterocycles. The molecule has 0 saturated heterocycles. The molecule has 0 saturated carbocycles. The van der Waals surface area contributed by atoms with E-state index in [0.717, 1.165) is 22.2 Å². The van der Waals surface area contributed by atoms with Crippen LogP contribution >= 0.6 is 22.7 Å². The maximum Gasteiger partial charge on any atom is 0.232 e. The van der Waals surface area contributed by atoms with Crippen LogP contribution in [0, 0.1) is 0 Å². The Morgan fingerprint density at radius 3 is 2.94 bits per heavy atom. The van der Waals surface area contributed by atoms with Crippen molar-refractivity contribution in [3.8, 4) is 21.3 Å². The van der Waals surface area contributed by atoms with E-state index in [2.05, 4.69) is 6.92 Å². The highest BCUT2D eigenvalue weighted by Crippen LogP contribution is 2.47. The molecule has 1 aliphatic rings. The van der Waals surface area contributed by atoms with Gasteiger partial charge in [0.25, 0.3) is 0 Å². The lowest BCUT2D eigenvalue weighted by molar-refractivity contribution is 0.176. The molecule has 2 N–H and O–H groups in total. The summed E-state index contributed by atoms with van der Waals surface area (Å²) in [6.07, 6.45) is 1.00. The first-order valence-corrected chi connectivity index (χ1v) is 6.69. The zero-order valence-electron chi connectivity index (χ0n) is 8.78. The number of anilines is 1. The summed E-state index contributed by atoms with van der Waals surface area (Å²) >= 11 is 3.27. The van der Waals surface area contributed by atoms with E-state index in [1.54, 1.807) is 22.7 Å². The Kier molecular flexibility index (Phi) is 2.29. The number of ether oxygens (including phenoxy) is 2. The second kappa shape index (κ2) is 3.68. The van der Waals surface area contributed by atoms with E-state index < -0.39 is 0 Å². The van der Waals surface area contributed by atoms with Gasteiger partial charge in [0, 0.05) is 21.4 Å². The molecule has 3 rings (SSSR count). The fraction of sp³-hybridized carbons (Fsp3) is 0.273. The summed E-state index contributed by atoms with van der Waals surface area (Å²) in [7, 11) is 0. The third kappa shape index (κ3) is 1.47. The molecule has 84 valence electrons. The standard InChI is InChI=1S/C11H11NO2S2/c1-2-8-6(3-10(12)15-8)9-4-7-11(16-9)14-5-13-7/h3-4H,2,5,12H2,1H3. The molecule has 2 aromatic rings. The van der Waals surface area contributed by atoms with Crippen LogP contribution in [0.15, 0.2) is 12.1 Å². The molecular formula is C11H11NO2S2. The third-order valence-electron chi connectivity index (χ3n) is 2.49. The first kappa shape index (κ1) is 9.99. The number of aryl methyl sites for hydroxylation is 1. The van der Waals surface area contributed by atoms with E-state index in [1.807, 2.05) is 12.1 Å². The summed E-state index contributed by atoms with van der Waals surface area (Å²) in [4.78, 5) is 2.49. The Bertz CT molecular complexity index is 509. The van der Waals surface area contributed by atoms with Crippen molar-refractivity contribution in [1.82, 2.24) is 0 Å². The Hall–Kier alpha value is -1.20. The Labute approximate surface area is 101 Å². The molecule has 3 nitrogen and oxygen atoms in total. The van der Waals surface area contributed by atoms with Gasteiger partial charge < -0.3 is 15.2 Å². The monoisotopic (exact) mass is 253 g/mol. The van der Waals surface area contributed by atoms with Crippen molar-refractivity contribution >= 4 is 27.7 Å².